The molecule has 0 fully saturated rings. The van der Waals surface area contributed by atoms with Crippen molar-refractivity contribution >= 4 is 49.3 Å². The summed E-state index contributed by atoms with van der Waals surface area (Å²) in [6.45, 7) is 4.27. The lowest BCUT2D eigenvalue weighted by Gasteiger charge is -2.05. The van der Waals surface area contributed by atoms with Gasteiger partial charge in [0.1, 0.15) is 5.82 Å². The van der Waals surface area contributed by atoms with Crippen LogP contribution in [-0.2, 0) is 0 Å². The van der Waals surface area contributed by atoms with Crippen molar-refractivity contribution in [1.29, 1.82) is 0 Å². The highest BCUT2D eigenvalue weighted by Crippen LogP contribution is 2.20. The molecule has 0 saturated heterocycles. The molecule has 0 aromatic carbocycles. The summed E-state index contributed by atoms with van der Waals surface area (Å²) >= 11 is 12.1. The van der Waals surface area contributed by atoms with E-state index in [2.05, 4.69) is 53.7 Å². The molecule has 13 heavy (non-hydrogen) atoms. The highest BCUT2D eigenvalue weighted by molar-refractivity contribution is 9.11. The number of nitrogens with one attached hydrogen (secondary N) is 1. The first-order valence-corrected chi connectivity index (χ1v) is 5.31. The third kappa shape index (κ3) is 3.62. The van der Waals surface area contributed by atoms with Crippen molar-refractivity contribution < 1.29 is 0 Å². The van der Waals surface area contributed by atoms with Crippen molar-refractivity contribution in [1.82, 2.24) is 9.97 Å². The topological polar surface area (TPSA) is 37.8 Å². The molecule has 0 saturated carbocycles. The van der Waals surface area contributed by atoms with Crippen LogP contribution in [0.2, 0.25) is 5.28 Å². The van der Waals surface area contributed by atoms with Crippen molar-refractivity contribution in [2.75, 3.05) is 11.9 Å². The first-order valence-electron chi connectivity index (χ1n) is 3.35. The Kier molecular flexibility index (Phi) is 4.15. The Morgan fingerprint density at radius 2 is 2.38 bits per heavy atom. The molecule has 0 bridgehead atoms. The highest BCUT2D eigenvalue weighted by atomic mass is 79.9. The standard InChI is InChI=1S/C7H6Br2ClN3/c1-4(8)2-11-6-5(9)3-12-7(10)13-6/h3H,1-2H2,(H,11,12,13). The summed E-state index contributed by atoms with van der Waals surface area (Å²) in [5, 5.41) is 3.24. The van der Waals surface area contributed by atoms with E-state index in [9.17, 15) is 0 Å². The monoisotopic (exact) mass is 325 g/mol. The lowest BCUT2D eigenvalue weighted by Crippen LogP contribution is -2.04. The van der Waals surface area contributed by atoms with Crippen LogP contribution in [0.3, 0.4) is 0 Å². The van der Waals surface area contributed by atoms with Gasteiger partial charge in [-0.05, 0) is 27.5 Å². The Hall–Kier alpha value is -0.130. The summed E-state index contributed by atoms with van der Waals surface area (Å²) < 4.78 is 1.61. The molecule has 3 nitrogen and oxygen atoms in total. The second kappa shape index (κ2) is 4.93. The van der Waals surface area contributed by atoms with E-state index in [1.807, 2.05) is 0 Å². The largest absolute Gasteiger partial charge is 0.364 e. The summed E-state index contributed by atoms with van der Waals surface area (Å²) in [5.74, 6) is 0.653. The van der Waals surface area contributed by atoms with Gasteiger partial charge in [-0.25, -0.2) is 4.98 Å². The molecule has 70 valence electrons. The number of halogens is 3. The third-order valence-electron chi connectivity index (χ3n) is 1.16. The average Bonchev–Trinajstić information content (AvgIpc) is 2.06. The normalized spacial score (nSPS) is 9.77. The lowest BCUT2D eigenvalue weighted by molar-refractivity contribution is 1.12. The van der Waals surface area contributed by atoms with E-state index >= 15 is 0 Å². The molecule has 0 aliphatic carbocycles. The van der Waals surface area contributed by atoms with E-state index in [1.54, 1.807) is 6.20 Å². The third-order valence-corrected chi connectivity index (χ3v) is 2.21. The van der Waals surface area contributed by atoms with Gasteiger partial charge in [0.05, 0.1) is 4.47 Å². The number of hydrogen-bond acceptors (Lipinski definition) is 3. The molecule has 0 radical (unpaired) electrons. The second-order valence-electron chi connectivity index (χ2n) is 2.21. The van der Waals surface area contributed by atoms with Gasteiger partial charge >= 0.3 is 0 Å². The number of nitrogens with zero attached hydrogens (tertiary/aromatic N) is 2. The minimum atomic E-state index is 0.214. The van der Waals surface area contributed by atoms with Crippen molar-refractivity contribution in [3.05, 3.63) is 27.0 Å². The molecule has 6 heteroatoms. The quantitative estimate of drug-likeness (QED) is 0.866. The molecule has 0 spiro atoms. The smallest absolute Gasteiger partial charge is 0.224 e. The van der Waals surface area contributed by atoms with E-state index < -0.39 is 0 Å². The summed E-state index contributed by atoms with van der Waals surface area (Å²) in [4.78, 5) is 7.78. The predicted molar refractivity (Wildman–Crippen MR) is 61.3 cm³/mol. The van der Waals surface area contributed by atoms with Crippen LogP contribution in [0.25, 0.3) is 0 Å². The number of aromatic nitrogens is 2. The van der Waals surface area contributed by atoms with Gasteiger partial charge in [-0.15, -0.1) is 0 Å². The average molecular weight is 327 g/mol. The fourth-order valence-electron chi connectivity index (χ4n) is 0.649. The van der Waals surface area contributed by atoms with Crippen molar-refractivity contribution in [2.24, 2.45) is 0 Å². The van der Waals surface area contributed by atoms with Crippen LogP contribution in [0.1, 0.15) is 0 Å². The first-order chi connectivity index (χ1) is 6.09. The van der Waals surface area contributed by atoms with E-state index in [4.69, 9.17) is 11.6 Å². The zero-order valence-corrected chi connectivity index (χ0v) is 10.4. The molecule has 0 unspecified atom stereocenters. The number of hydrogen-bond donors (Lipinski definition) is 1. The molecule has 0 atom stereocenters. The van der Waals surface area contributed by atoms with Crippen molar-refractivity contribution in [2.45, 2.75) is 0 Å². The van der Waals surface area contributed by atoms with Gasteiger partial charge in [0.25, 0.3) is 0 Å². The predicted octanol–water partition coefficient (Wildman–Crippen LogP) is 3.21. The number of anilines is 1. The fraction of sp³-hybridized carbons (Fsp3) is 0.143. The SMILES string of the molecule is C=C(Br)CNc1nc(Cl)ncc1Br. The molecule has 1 N–H and O–H groups in total. The first kappa shape index (κ1) is 10.9. The maximum atomic E-state index is 5.61. The summed E-state index contributed by atoms with van der Waals surface area (Å²) in [6.07, 6.45) is 1.59. The molecule has 1 aromatic rings. The Morgan fingerprint density at radius 3 is 3.00 bits per heavy atom. The maximum absolute atomic E-state index is 5.61. The minimum Gasteiger partial charge on any atom is -0.364 e. The van der Waals surface area contributed by atoms with E-state index in [1.165, 1.54) is 0 Å². The van der Waals surface area contributed by atoms with Gasteiger partial charge in [-0.2, -0.15) is 4.98 Å². The molecular formula is C7H6Br2ClN3. The summed E-state index contributed by atoms with van der Waals surface area (Å²) in [7, 11) is 0. The van der Waals surface area contributed by atoms with E-state index in [0.717, 1.165) is 8.96 Å². The number of rotatable bonds is 3. The van der Waals surface area contributed by atoms with E-state index in [-0.39, 0.29) is 5.28 Å². The van der Waals surface area contributed by atoms with Gasteiger partial charge in [-0.3, -0.25) is 0 Å². The van der Waals surface area contributed by atoms with Crippen LogP contribution in [0, 0.1) is 0 Å². The lowest BCUT2D eigenvalue weighted by atomic mass is 10.5. The Labute approximate surface area is 97.9 Å². The van der Waals surface area contributed by atoms with Gasteiger partial charge < -0.3 is 5.32 Å². The molecular weight excluding hydrogens is 321 g/mol. The Balaban J connectivity index is 2.75. The molecule has 0 amide bonds. The molecule has 1 rings (SSSR count). The van der Waals surface area contributed by atoms with Crippen LogP contribution in [0.15, 0.2) is 21.7 Å². The van der Waals surface area contributed by atoms with Crippen molar-refractivity contribution in [3.63, 3.8) is 0 Å². The molecule has 1 heterocycles. The van der Waals surface area contributed by atoms with Crippen LogP contribution >= 0.6 is 43.5 Å². The Bertz CT molecular complexity index is 330. The van der Waals surface area contributed by atoms with Gasteiger partial charge in [-0.1, -0.05) is 22.5 Å². The molecule has 0 aliphatic heterocycles. The van der Waals surface area contributed by atoms with Gasteiger partial charge in [0.15, 0.2) is 0 Å². The fourth-order valence-corrected chi connectivity index (χ4v) is 1.25. The second-order valence-corrected chi connectivity index (χ2v) is 4.52. The van der Waals surface area contributed by atoms with Crippen LogP contribution < -0.4 is 5.32 Å². The van der Waals surface area contributed by atoms with Crippen molar-refractivity contribution in [3.8, 4) is 0 Å². The Morgan fingerprint density at radius 1 is 1.69 bits per heavy atom. The van der Waals surface area contributed by atoms with Gasteiger partial charge in [0, 0.05) is 17.2 Å². The van der Waals surface area contributed by atoms with Crippen LogP contribution in [0.4, 0.5) is 5.82 Å². The van der Waals surface area contributed by atoms with E-state index in [0.29, 0.717) is 12.4 Å². The zero-order chi connectivity index (χ0) is 9.84. The summed E-state index contributed by atoms with van der Waals surface area (Å²) in [5.41, 5.74) is 0. The van der Waals surface area contributed by atoms with Crippen LogP contribution in [-0.4, -0.2) is 16.5 Å². The van der Waals surface area contributed by atoms with Gasteiger partial charge in [0.2, 0.25) is 5.28 Å². The highest BCUT2D eigenvalue weighted by Gasteiger charge is 2.02. The zero-order valence-electron chi connectivity index (χ0n) is 6.52. The maximum Gasteiger partial charge on any atom is 0.224 e. The molecule has 0 aliphatic rings. The van der Waals surface area contributed by atoms with Crippen LogP contribution in [0.5, 0.6) is 0 Å². The molecule has 1 aromatic heterocycles. The summed E-state index contributed by atoms with van der Waals surface area (Å²) in [6, 6.07) is 0. The minimum absolute atomic E-state index is 0.214.